The third kappa shape index (κ3) is 4.18. The van der Waals surface area contributed by atoms with Crippen LogP contribution in [0, 0.1) is 25.2 Å². The first-order valence-electron chi connectivity index (χ1n) is 5.28. The lowest BCUT2D eigenvalue weighted by molar-refractivity contribution is -0.113. The predicted octanol–water partition coefficient (Wildman–Crippen LogP) is 1.18. The number of rotatable bonds is 4. The highest BCUT2D eigenvalue weighted by Crippen LogP contribution is 2.16. The van der Waals surface area contributed by atoms with Crippen molar-refractivity contribution in [1.29, 1.82) is 5.26 Å². The molecule has 1 rings (SSSR count). The Balaban J connectivity index is 2.77. The van der Waals surface area contributed by atoms with Crippen LogP contribution in [0.5, 0.6) is 0 Å². The first kappa shape index (κ1) is 14.2. The summed E-state index contributed by atoms with van der Waals surface area (Å²) in [6, 6.07) is 7.04. The van der Waals surface area contributed by atoms with Crippen LogP contribution in [0.1, 0.15) is 11.1 Å². The van der Waals surface area contributed by atoms with E-state index in [1.165, 1.54) is 6.07 Å². The summed E-state index contributed by atoms with van der Waals surface area (Å²) in [5, 5.41) is 10.9. The van der Waals surface area contributed by atoms with Crippen molar-refractivity contribution in [2.75, 3.05) is 16.8 Å². The van der Waals surface area contributed by atoms with Gasteiger partial charge in [-0.1, -0.05) is 12.1 Å². The van der Waals surface area contributed by atoms with Crippen LogP contribution in [-0.4, -0.2) is 25.8 Å². The van der Waals surface area contributed by atoms with E-state index in [9.17, 15) is 13.2 Å². The number of nitrogens with one attached hydrogen (secondary N) is 1. The van der Waals surface area contributed by atoms with Crippen molar-refractivity contribution in [1.82, 2.24) is 0 Å². The minimum atomic E-state index is -3.65. The zero-order chi connectivity index (χ0) is 13.8. The molecule has 0 heterocycles. The first-order chi connectivity index (χ1) is 8.34. The van der Waals surface area contributed by atoms with Gasteiger partial charge in [0, 0.05) is 5.69 Å². The molecular weight excluding hydrogens is 252 g/mol. The summed E-state index contributed by atoms with van der Waals surface area (Å²) in [6.07, 6.45) is 0. The molecule has 0 spiro atoms. The Morgan fingerprint density at radius 3 is 2.67 bits per heavy atom. The number of aryl methyl sites for hydroxylation is 2. The molecular formula is C12H14N2O3S. The number of amides is 1. The van der Waals surface area contributed by atoms with Gasteiger partial charge in [-0.3, -0.25) is 4.79 Å². The Bertz CT molecular complexity index is 600. The number of carbonyl (C=O) groups is 1. The first-order valence-corrected chi connectivity index (χ1v) is 7.10. The third-order valence-electron chi connectivity index (χ3n) is 2.30. The van der Waals surface area contributed by atoms with Gasteiger partial charge in [0.15, 0.2) is 9.84 Å². The average Bonchev–Trinajstić information content (AvgIpc) is 2.22. The lowest BCUT2D eigenvalue weighted by Gasteiger charge is -2.08. The van der Waals surface area contributed by atoms with Crippen molar-refractivity contribution < 1.29 is 13.2 Å². The lowest BCUT2D eigenvalue weighted by Crippen LogP contribution is -2.24. The summed E-state index contributed by atoms with van der Waals surface area (Å²) in [5.41, 5.74) is 2.41. The number of sulfone groups is 1. The monoisotopic (exact) mass is 266 g/mol. The topological polar surface area (TPSA) is 87.0 Å². The number of nitriles is 1. The second-order valence-electron chi connectivity index (χ2n) is 4.06. The zero-order valence-electron chi connectivity index (χ0n) is 10.2. The summed E-state index contributed by atoms with van der Waals surface area (Å²) in [6.45, 7) is 3.69. The average molecular weight is 266 g/mol. The van der Waals surface area contributed by atoms with Crippen LogP contribution in [0.25, 0.3) is 0 Å². The molecule has 1 aromatic rings. The maximum Gasteiger partial charge on any atom is 0.239 e. The van der Waals surface area contributed by atoms with Gasteiger partial charge in [0.05, 0.1) is 6.07 Å². The summed E-state index contributed by atoms with van der Waals surface area (Å²) in [7, 11) is -3.65. The van der Waals surface area contributed by atoms with Crippen LogP contribution in [-0.2, 0) is 14.6 Å². The Labute approximate surface area is 106 Å². The van der Waals surface area contributed by atoms with Gasteiger partial charge in [-0.25, -0.2) is 8.42 Å². The van der Waals surface area contributed by atoms with Crippen LogP contribution < -0.4 is 5.32 Å². The molecule has 1 N–H and O–H groups in total. The Hall–Kier alpha value is -1.87. The number of benzene rings is 1. The van der Waals surface area contributed by atoms with Crippen LogP contribution >= 0.6 is 0 Å². The van der Waals surface area contributed by atoms with E-state index in [1.54, 1.807) is 6.07 Å². The predicted molar refractivity (Wildman–Crippen MR) is 68.8 cm³/mol. The van der Waals surface area contributed by atoms with E-state index in [2.05, 4.69) is 5.32 Å². The molecule has 0 aromatic heterocycles. The number of hydrogen-bond acceptors (Lipinski definition) is 4. The van der Waals surface area contributed by atoms with E-state index < -0.39 is 27.3 Å². The number of nitrogens with zero attached hydrogens (tertiary/aromatic N) is 1. The van der Waals surface area contributed by atoms with Crippen molar-refractivity contribution in [3.05, 3.63) is 29.3 Å². The van der Waals surface area contributed by atoms with Crippen LogP contribution in [0.2, 0.25) is 0 Å². The Kier molecular flexibility index (Phi) is 4.45. The molecule has 96 valence electrons. The fourth-order valence-electron chi connectivity index (χ4n) is 1.41. The molecule has 1 amide bonds. The highest BCUT2D eigenvalue weighted by molar-refractivity contribution is 7.92. The van der Waals surface area contributed by atoms with Gasteiger partial charge in [0.1, 0.15) is 11.5 Å². The van der Waals surface area contributed by atoms with Gasteiger partial charge in [-0.05, 0) is 31.0 Å². The zero-order valence-corrected chi connectivity index (χ0v) is 11.0. The van der Waals surface area contributed by atoms with E-state index in [4.69, 9.17) is 5.26 Å². The lowest BCUT2D eigenvalue weighted by atomic mass is 10.1. The Morgan fingerprint density at radius 2 is 2.06 bits per heavy atom. The summed E-state index contributed by atoms with van der Waals surface area (Å²) < 4.78 is 22.6. The molecule has 0 atom stereocenters. The molecule has 0 aliphatic rings. The standard InChI is InChI=1S/C12H14N2O3S/c1-9-3-4-10(2)11(7-9)14-12(15)8-18(16,17)6-5-13/h3-4,7H,6,8H2,1-2H3,(H,14,15). The normalized spacial score (nSPS) is 10.7. The molecule has 1 aromatic carbocycles. The molecule has 18 heavy (non-hydrogen) atoms. The largest absolute Gasteiger partial charge is 0.325 e. The van der Waals surface area contributed by atoms with Gasteiger partial charge >= 0.3 is 0 Å². The number of carbonyl (C=O) groups excluding carboxylic acids is 1. The third-order valence-corrected chi connectivity index (χ3v) is 3.57. The minimum absolute atomic E-state index is 0.590. The molecule has 0 aliphatic carbocycles. The molecule has 0 bridgehead atoms. The van der Waals surface area contributed by atoms with Gasteiger partial charge in [0.25, 0.3) is 0 Å². The number of hydrogen-bond donors (Lipinski definition) is 1. The Morgan fingerprint density at radius 1 is 1.39 bits per heavy atom. The smallest absolute Gasteiger partial charge is 0.239 e. The molecule has 0 saturated heterocycles. The fraction of sp³-hybridized carbons (Fsp3) is 0.333. The summed E-state index contributed by atoms with van der Waals surface area (Å²) in [4.78, 5) is 11.6. The molecule has 0 saturated carbocycles. The van der Waals surface area contributed by atoms with E-state index in [-0.39, 0.29) is 0 Å². The molecule has 5 nitrogen and oxygen atoms in total. The van der Waals surface area contributed by atoms with Crippen LogP contribution in [0.3, 0.4) is 0 Å². The van der Waals surface area contributed by atoms with E-state index in [1.807, 2.05) is 26.0 Å². The molecule has 0 aliphatic heterocycles. The van der Waals surface area contributed by atoms with Crippen molar-refractivity contribution >= 4 is 21.4 Å². The second-order valence-corrected chi connectivity index (χ2v) is 6.12. The second kappa shape index (κ2) is 5.65. The summed E-state index contributed by atoms with van der Waals surface area (Å²) >= 11 is 0. The number of anilines is 1. The minimum Gasteiger partial charge on any atom is -0.325 e. The van der Waals surface area contributed by atoms with Gasteiger partial charge < -0.3 is 5.32 Å². The molecule has 6 heteroatoms. The van der Waals surface area contributed by atoms with E-state index in [0.717, 1.165) is 11.1 Å². The highest BCUT2D eigenvalue weighted by atomic mass is 32.2. The maximum absolute atomic E-state index is 11.6. The van der Waals surface area contributed by atoms with Crippen molar-refractivity contribution in [3.8, 4) is 6.07 Å². The van der Waals surface area contributed by atoms with Crippen LogP contribution in [0.15, 0.2) is 18.2 Å². The van der Waals surface area contributed by atoms with E-state index >= 15 is 0 Å². The molecule has 0 unspecified atom stereocenters. The maximum atomic E-state index is 11.6. The van der Waals surface area contributed by atoms with Crippen LogP contribution in [0.4, 0.5) is 5.69 Å². The molecule has 0 fully saturated rings. The fourth-order valence-corrected chi connectivity index (χ4v) is 2.18. The van der Waals surface area contributed by atoms with Crippen molar-refractivity contribution in [2.24, 2.45) is 0 Å². The quantitative estimate of drug-likeness (QED) is 0.886. The van der Waals surface area contributed by atoms with Crippen molar-refractivity contribution in [2.45, 2.75) is 13.8 Å². The van der Waals surface area contributed by atoms with Gasteiger partial charge in [0.2, 0.25) is 5.91 Å². The van der Waals surface area contributed by atoms with E-state index in [0.29, 0.717) is 5.69 Å². The SMILES string of the molecule is Cc1ccc(C)c(NC(=O)CS(=O)(=O)CC#N)c1. The highest BCUT2D eigenvalue weighted by Gasteiger charge is 2.16. The van der Waals surface area contributed by atoms with Crippen molar-refractivity contribution in [3.63, 3.8) is 0 Å². The molecule has 0 radical (unpaired) electrons. The van der Waals surface area contributed by atoms with Gasteiger partial charge in [-0.2, -0.15) is 5.26 Å². The van der Waals surface area contributed by atoms with Gasteiger partial charge in [-0.15, -0.1) is 0 Å². The summed E-state index contributed by atoms with van der Waals surface area (Å²) in [5.74, 6) is -1.94.